The first-order valence-electron chi connectivity index (χ1n) is 11.9. The van der Waals surface area contributed by atoms with E-state index in [-0.39, 0.29) is 31.0 Å². The summed E-state index contributed by atoms with van der Waals surface area (Å²) in [6.45, 7) is 4.70. The molecule has 0 atom stereocenters. The number of aromatic nitrogens is 2. The molecule has 1 aromatic carbocycles. The molecule has 13 heteroatoms. The SMILES string of the molecule is CCOCCCN1CN(Cc2cc(C)on2)n2cc(C(=O)NCc3ccc(F)cc3F)c(=O)c(O)c2C1=O. The number of rotatable bonds is 10. The number of nitrogens with zero attached hydrogens (tertiary/aromatic N) is 4. The molecule has 38 heavy (non-hydrogen) atoms. The number of fused-ring (bicyclic) bond motifs is 1. The molecular weight excluding hydrogens is 504 g/mol. The third kappa shape index (κ3) is 5.67. The van der Waals surface area contributed by atoms with Gasteiger partial charge >= 0.3 is 0 Å². The maximum absolute atomic E-state index is 14.0. The summed E-state index contributed by atoms with van der Waals surface area (Å²) in [5.74, 6) is -3.46. The number of ether oxygens (including phenoxy) is 1. The van der Waals surface area contributed by atoms with Crippen LogP contribution in [-0.2, 0) is 17.8 Å². The Hall–Kier alpha value is -4.26. The molecule has 0 saturated carbocycles. The van der Waals surface area contributed by atoms with Crippen molar-refractivity contribution in [3.63, 3.8) is 0 Å². The largest absolute Gasteiger partial charge is 0.502 e. The summed E-state index contributed by atoms with van der Waals surface area (Å²) < 4.78 is 38.9. The van der Waals surface area contributed by atoms with Gasteiger partial charge < -0.3 is 24.6 Å². The van der Waals surface area contributed by atoms with E-state index >= 15 is 0 Å². The molecule has 0 aliphatic carbocycles. The topological polar surface area (TPSA) is 130 Å². The third-order valence-corrected chi connectivity index (χ3v) is 5.93. The molecule has 1 aliphatic rings. The van der Waals surface area contributed by atoms with Crippen LogP contribution in [0.5, 0.6) is 5.75 Å². The quantitative estimate of drug-likeness (QED) is 0.380. The van der Waals surface area contributed by atoms with E-state index in [9.17, 15) is 28.3 Å². The predicted octanol–water partition coefficient (Wildman–Crippen LogP) is 2.04. The number of halogens is 2. The van der Waals surface area contributed by atoms with Crippen LogP contribution in [0.2, 0.25) is 0 Å². The Labute approximate surface area is 216 Å². The molecule has 2 amide bonds. The van der Waals surface area contributed by atoms with Crippen LogP contribution < -0.4 is 15.8 Å². The van der Waals surface area contributed by atoms with E-state index in [0.29, 0.717) is 43.7 Å². The monoisotopic (exact) mass is 531 g/mol. The zero-order valence-electron chi connectivity index (χ0n) is 20.9. The van der Waals surface area contributed by atoms with Gasteiger partial charge in [-0.3, -0.25) is 24.1 Å². The van der Waals surface area contributed by atoms with E-state index in [1.165, 1.54) is 15.6 Å². The van der Waals surface area contributed by atoms with Crippen molar-refractivity contribution in [3.05, 3.63) is 80.6 Å². The highest BCUT2D eigenvalue weighted by Crippen LogP contribution is 2.23. The molecule has 0 fully saturated rings. The summed E-state index contributed by atoms with van der Waals surface area (Å²) in [6, 6.07) is 4.58. The predicted molar refractivity (Wildman–Crippen MR) is 130 cm³/mol. The van der Waals surface area contributed by atoms with Gasteiger partial charge in [0.15, 0.2) is 11.4 Å². The van der Waals surface area contributed by atoms with E-state index in [4.69, 9.17) is 9.26 Å². The van der Waals surface area contributed by atoms with Crippen molar-refractivity contribution in [2.45, 2.75) is 33.4 Å². The molecule has 1 aliphatic heterocycles. The van der Waals surface area contributed by atoms with Gasteiger partial charge in [-0.25, -0.2) is 8.78 Å². The van der Waals surface area contributed by atoms with E-state index in [1.54, 1.807) is 18.0 Å². The minimum Gasteiger partial charge on any atom is -0.502 e. The molecule has 2 aromatic heterocycles. The summed E-state index contributed by atoms with van der Waals surface area (Å²) in [7, 11) is 0. The normalized spacial score (nSPS) is 13.1. The molecule has 11 nitrogen and oxygen atoms in total. The van der Waals surface area contributed by atoms with Crippen LogP contribution in [0.1, 0.15) is 51.2 Å². The Morgan fingerprint density at radius 1 is 1.26 bits per heavy atom. The fourth-order valence-electron chi connectivity index (χ4n) is 4.07. The second kappa shape index (κ2) is 11.4. The summed E-state index contributed by atoms with van der Waals surface area (Å²) in [6.07, 6.45) is 1.68. The first-order chi connectivity index (χ1) is 18.2. The highest BCUT2D eigenvalue weighted by Gasteiger charge is 2.34. The second-order valence-electron chi connectivity index (χ2n) is 8.69. The van der Waals surface area contributed by atoms with Crippen LogP contribution in [0.25, 0.3) is 0 Å². The fourth-order valence-corrected chi connectivity index (χ4v) is 4.07. The van der Waals surface area contributed by atoms with Gasteiger partial charge in [0, 0.05) is 50.2 Å². The van der Waals surface area contributed by atoms with Crippen LogP contribution in [0.3, 0.4) is 0 Å². The van der Waals surface area contributed by atoms with Crippen LogP contribution in [0.15, 0.2) is 39.8 Å². The average Bonchev–Trinajstić information content (AvgIpc) is 3.29. The smallest absolute Gasteiger partial charge is 0.277 e. The molecule has 202 valence electrons. The number of carbonyl (C=O) groups excluding carboxylic acids is 2. The minimum absolute atomic E-state index is 0.00272. The maximum atomic E-state index is 14.0. The lowest BCUT2D eigenvalue weighted by atomic mass is 10.1. The minimum atomic E-state index is -1.06. The second-order valence-corrected chi connectivity index (χ2v) is 8.69. The van der Waals surface area contributed by atoms with Gasteiger partial charge in [0.2, 0.25) is 5.43 Å². The summed E-state index contributed by atoms with van der Waals surface area (Å²) in [5.41, 5.74) is -1.31. The Morgan fingerprint density at radius 3 is 2.74 bits per heavy atom. The molecular formula is C25H27F2N5O6. The number of hydrogen-bond donors (Lipinski definition) is 2. The number of benzene rings is 1. The molecule has 0 bridgehead atoms. The molecule has 0 saturated heterocycles. The lowest BCUT2D eigenvalue weighted by Crippen LogP contribution is -2.54. The van der Waals surface area contributed by atoms with Crippen LogP contribution in [-0.4, -0.2) is 58.1 Å². The fraction of sp³-hybridized carbons (Fsp3) is 0.360. The van der Waals surface area contributed by atoms with Crippen LogP contribution >= 0.6 is 0 Å². The van der Waals surface area contributed by atoms with Gasteiger partial charge in [0.1, 0.15) is 35.3 Å². The Kier molecular flexibility index (Phi) is 8.05. The van der Waals surface area contributed by atoms with Gasteiger partial charge in [0.05, 0.1) is 6.54 Å². The first-order valence-corrected chi connectivity index (χ1v) is 11.9. The zero-order valence-corrected chi connectivity index (χ0v) is 20.9. The molecule has 3 aromatic rings. The zero-order chi connectivity index (χ0) is 27.4. The third-order valence-electron chi connectivity index (χ3n) is 5.93. The van der Waals surface area contributed by atoms with Gasteiger partial charge in [-0.05, 0) is 26.3 Å². The lowest BCUT2D eigenvalue weighted by Gasteiger charge is -2.39. The Bertz CT molecular complexity index is 1410. The van der Waals surface area contributed by atoms with E-state index < -0.39 is 40.2 Å². The van der Waals surface area contributed by atoms with E-state index in [0.717, 1.165) is 12.3 Å². The van der Waals surface area contributed by atoms with E-state index in [1.807, 2.05) is 6.92 Å². The van der Waals surface area contributed by atoms with Crippen molar-refractivity contribution < 1.29 is 32.7 Å². The van der Waals surface area contributed by atoms with Crippen molar-refractivity contribution in [3.8, 4) is 5.75 Å². The van der Waals surface area contributed by atoms with Crippen LogP contribution in [0.4, 0.5) is 8.78 Å². The number of aromatic hydroxyl groups is 1. The number of carbonyl (C=O) groups is 2. The van der Waals surface area contributed by atoms with Gasteiger partial charge in [-0.15, -0.1) is 0 Å². The molecule has 3 heterocycles. The number of pyridine rings is 1. The standard InChI is InChI=1S/C25H27F2N5O6/c1-3-37-8-4-7-30-14-31(12-18-9-15(2)38-29-18)32-13-19(22(33)23(34)21(32)25(30)36)24(35)28-11-16-5-6-17(26)10-20(16)27/h5-6,9-10,13,34H,3-4,7-8,11-12,14H2,1-2H3,(H,28,35). The van der Waals surface area contributed by atoms with Crippen molar-refractivity contribution in [1.82, 2.24) is 20.0 Å². The first kappa shape index (κ1) is 26.8. The molecule has 0 radical (unpaired) electrons. The Morgan fingerprint density at radius 2 is 2.05 bits per heavy atom. The maximum Gasteiger partial charge on any atom is 0.277 e. The van der Waals surface area contributed by atoms with Crippen LogP contribution in [0, 0.1) is 18.6 Å². The van der Waals surface area contributed by atoms with Gasteiger partial charge in [-0.1, -0.05) is 11.2 Å². The van der Waals surface area contributed by atoms with Gasteiger partial charge in [-0.2, -0.15) is 0 Å². The number of aryl methyl sites for hydroxylation is 1. The van der Waals surface area contributed by atoms with Crippen molar-refractivity contribution >= 4 is 11.8 Å². The summed E-state index contributed by atoms with van der Waals surface area (Å²) >= 11 is 0. The molecule has 0 unspecified atom stereocenters. The molecule has 4 rings (SSSR count). The number of hydrogen-bond acceptors (Lipinski definition) is 8. The van der Waals surface area contributed by atoms with Gasteiger partial charge in [0.25, 0.3) is 11.8 Å². The number of nitrogens with one attached hydrogen (secondary N) is 1. The van der Waals surface area contributed by atoms with Crippen molar-refractivity contribution in [1.29, 1.82) is 0 Å². The number of amides is 2. The van der Waals surface area contributed by atoms with Crippen molar-refractivity contribution in [2.75, 3.05) is 31.4 Å². The highest BCUT2D eigenvalue weighted by molar-refractivity contribution is 5.99. The molecule has 0 spiro atoms. The summed E-state index contributed by atoms with van der Waals surface area (Å²) in [5, 5.41) is 18.8. The average molecular weight is 532 g/mol. The lowest BCUT2D eigenvalue weighted by molar-refractivity contribution is 0.0651. The Balaban J connectivity index is 1.65. The highest BCUT2D eigenvalue weighted by atomic mass is 19.1. The summed E-state index contributed by atoms with van der Waals surface area (Å²) in [4.78, 5) is 40.5. The molecule has 2 N–H and O–H groups in total. The van der Waals surface area contributed by atoms with Crippen molar-refractivity contribution in [2.24, 2.45) is 0 Å². The van der Waals surface area contributed by atoms with E-state index in [2.05, 4.69) is 10.5 Å².